The maximum atomic E-state index is 11.9. The molecular formula is C19H26N4O2. The van der Waals surface area contributed by atoms with Gasteiger partial charge in [0.1, 0.15) is 17.4 Å². The lowest BCUT2D eigenvalue weighted by atomic mass is 10.0. The molecule has 2 aromatic rings. The van der Waals surface area contributed by atoms with Gasteiger partial charge in [0.25, 0.3) is 0 Å². The standard InChI is InChI=1S/C19H26N4O2/c1-14(2)15-5-7-16(8-6-15)25-13-10-19(24)20-11-9-18-22-21-17-4-3-12-23(17)18/h5-8,14H,3-4,9-13H2,1-2H3,(H,20,24). The van der Waals surface area contributed by atoms with Gasteiger partial charge in [-0.25, -0.2) is 0 Å². The highest BCUT2D eigenvalue weighted by molar-refractivity contribution is 5.75. The van der Waals surface area contributed by atoms with Crippen LogP contribution in [0.15, 0.2) is 24.3 Å². The number of aromatic nitrogens is 3. The first-order valence-electron chi connectivity index (χ1n) is 9.04. The lowest BCUT2D eigenvalue weighted by Crippen LogP contribution is -2.27. The van der Waals surface area contributed by atoms with Gasteiger partial charge in [-0.1, -0.05) is 26.0 Å². The normalized spacial score (nSPS) is 13.1. The van der Waals surface area contributed by atoms with Crippen LogP contribution >= 0.6 is 0 Å². The summed E-state index contributed by atoms with van der Waals surface area (Å²) in [4.78, 5) is 11.9. The van der Waals surface area contributed by atoms with Gasteiger partial charge in [0.05, 0.1) is 13.0 Å². The van der Waals surface area contributed by atoms with Crippen molar-refractivity contribution in [2.45, 2.75) is 52.0 Å². The Labute approximate surface area is 148 Å². The zero-order chi connectivity index (χ0) is 17.6. The molecule has 1 amide bonds. The minimum atomic E-state index is -0.0000359. The van der Waals surface area contributed by atoms with Crippen LogP contribution in [0.3, 0.4) is 0 Å². The van der Waals surface area contributed by atoms with E-state index < -0.39 is 0 Å². The minimum absolute atomic E-state index is 0.0000359. The zero-order valence-corrected chi connectivity index (χ0v) is 15.0. The second kappa shape index (κ2) is 8.14. The number of benzene rings is 1. The van der Waals surface area contributed by atoms with Crippen LogP contribution < -0.4 is 10.1 Å². The van der Waals surface area contributed by atoms with Gasteiger partial charge in [0.2, 0.25) is 5.91 Å². The summed E-state index contributed by atoms with van der Waals surface area (Å²) in [5, 5.41) is 11.3. The first-order chi connectivity index (χ1) is 12.1. The summed E-state index contributed by atoms with van der Waals surface area (Å²) in [6, 6.07) is 8.05. The fourth-order valence-electron chi connectivity index (χ4n) is 3.01. The van der Waals surface area contributed by atoms with Gasteiger partial charge in [0, 0.05) is 25.9 Å². The molecular weight excluding hydrogens is 316 g/mol. The maximum Gasteiger partial charge on any atom is 0.223 e. The molecule has 0 saturated heterocycles. The molecule has 0 unspecified atom stereocenters. The van der Waals surface area contributed by atoms with Crippen molar-refractivity contribution in [1.82, 2.24) is 20.1 Å². The number of ether oxygens (including phenoxy) is 1. The van der Waals surface area contributed by atoms with Crippen molar-refractivity contribution in [1.29, 1.82) is 0 Å². The van der Waals surface area contributed by atoms with Crippen molar-refractivity contribution in [3.63, 3.8) is 0 Å². The number of hydrogen-bond acceptors (Lipinski definition) is 4. The number of rotatable bonds is 8. The van der Waals surface area contributed by atoms with Gasteiger partial charge in [0.15, 0.2) is 0 Å². The Morgan fingerprint density at radius 2 is 2.08 bits per heavy atom. The molecule has 6 heteroatoms. The van der Waals surface area contributed by atoms with E-state index in [1.807, 2.05) is 12.1 Å². The maximum absolute atomic E-state index is 11.9. The van der Waals surface area contributed by atoms with Crippen LogP contribution in [0.2, 0.25) is 0 Å². The second-order valence-electron chi connectivity index (χ2n) is 6.71. The Balaban J connectivity index is 1.34. The lowest BCUT2D eigenvalue weighted by Gasteiger charge is -2.09. The van der Waals surface area contributed by atoms with Gasteiger partial charge >= 0.3 is 0 Å². The molecule has 1 aromatic carbocycles. The summed E-state index contributed by atoms with van der Waals surface area (Å²) in [5.41, 5.74) is 1.28. The van der Waals surface area contributed by atoms with E-state index in [2.05, 4.69) is 46.1 Å². The fraction of sp³-hybridized carbons (Fsp3) is 0.526. The third kappa shape index (κ3) is 4.59. The van der Waals surface area contributed by atoms with Gasteiger partial charge in [-0.05, 0) is 30.0 Å². The molecule has 0 aliphatic carbocycles. The van der Waals surface area contributed by atoms with Crippen molar-refractivity contribution in [2.24, 2.45) is 0 Å². The third-order valence-electron chi connectivity index (χ3n) is 4.50. The Hall–Kier alpha value is -2.37. The Morgan fingerprint density at radius 1 is 1.28 bits per heavy atom. The molecule has 25 heavy (non-hydrogen) atoms. The summed E-state index contributed by atoms with van der Waals surface area (Å²) in [6.45, 7) is 6.28. The van der Waals surface area contributed by atoms with E-state index >= 15 is 0 Å². The molecule has 0 bridgehead atoms. The van der Waals surface area contributed by atoms with E-state index in [0.29, 0.717) is 25.5 Å². The first kappa shape index (κ1) is 17.5. The zero-order valence-electron chi connectivity index (χ0n) is 15.0. The van der Waals surface area contributed by atoms with Crippen LogP contribution in [0.4, 0.5) is 0 Å². The molecule has 0 saturated carbocycles. The monoisotopic (exact) mass is 342 g/mol. The van der Waals surface area contributed by atoms with Gasteiger partial charge in [-0.2, -0.15) is 0 Å². The summed E-state index contributed by atoms with van der Waals surface area (Å²) >= 11 is 0. The quantitative estimate of drug-likeness (QED) is 0.800. The van der Waals surface area contributed by atoms with Crippen molar-refractivity contribution in [2.75, 3.05) is 13.2 Å². The molecule has 1 aliphatic heterocycles. The highest BCUT2D eigenvalue weighted by Crippen LogP contribution is 2.18. The van der Waals surface area contributed by atoms with E-state index in [0.717, 1.165) is 43.2 Å². The highest BCUT2D eigenvalue weighted by atomic mass is 16.5. The molecule has 3 rings (SSSR count). The van der Waals surface area contributed by atoms with Crippen molar-refractivity contribution in [3.8, 4) is 5.75 Å². The third-order valence-corrected chi connectivity index (χ3v) is 4.50. The predicted octanol–water partition coefficient (Wildman–Crippen LogP) is 2.48. The number of nitrogens with one attached hydrogen (secondary N) is 1. The SMILES string of the molecule is CC(C)c1ccc(OCCC(=O)NCCc2nnc3n2CCC3)cc1. The van der Waals surface area contributed by atoms with Crippen LogP contribution in [0.5, 0.6) is 5.75 Å². The minimum Gasteiger partial charge on any atom is -0.493 e. The van der Waals surface area contributed by atoms with Crippen molar-refractivity contribution < 1.29 is 9.53 Å². The molecule has 1 aliphatic rings. The molecule has 1 aromatic heterocycles. The smallest absolute Gasteiger partial charge is 0.223 e. The second-order valence-corrected chi connectivity index (χ2v) is 6.71. The molecule has 2 heterocycles. The number of nitrogens with zero attached hydrogens (tertiary/aromatic N) is 3. The Bertz CT molecular complexity index is 707. The number of amides is 1. The van der Waals surface area contributed by atoms with Crippen LogP contribution in [-0.2, 0) is 24.2 Å². The molecule has 0 radical (unpaired) electrons. The van der Waals surface area contributed by atoms with E-state index in [-0.39, 0.29) is 5.91 Å². The van der Waals surface area contributed by atoms with Gasteiger partial charge in [-0.3, -0.25) is 4.79 Å². The van der Waals surface area contributed by atoms with E-state index in [1.165, 1.54) is 5.56 Å². The molecule has 134 valence electrons. The van der Waals surface area contributed by atoms with Crippen molar-refractivity contribution in [3.05, 3.63) is 41.5 Å². The highest BCUT2D eigenvalue weighted by Gasteiger charge is 2.16. The summed E-state index contributed by atoms with van der Waals surface area (Å²) in [5.74, 6) is 3.34. The number of fused-ring (bicyclic) bond motifs is 1. The van der Waals surface area contributed by atoms with Gasteiger partial charge in [-0.15, -0.1) is 10.2 Å². The predicted molar refractivity (Wildman–Crippen MR) is 95.7 cm³/mol. The van der Waals surface area contributed by atoms with Crippen LogP contribution in [0.1, 0.15) is 49.8 Å². The summed E-state index contributed by atoms with van der Waals surface area (Å²) < 4.78 is 7.80. The number of aryl methyl sites for hydroxylation is 1. The molecule has 6 nitrogen and oxygen atoms in total. The van der Waals surface area contributed by atoms with E-state index in [9.17, 15) is 4.79 Å². The Kier molecular flexibility index (Phi) is 5.68. The van der Waals surface area contributed by atoms with Crippen LogP contribution in [0, 0.1) is 0 Å². The summed E-state index contributed by atoms with van der Waals surface area (Å²) in [7, 11) is 0. The molecule has 0 spiro atoms. The average Bonchev–Trinajstić information content (AvgIpc) is 3.20. The Morgan fingerprint density at radius 3 is 2.84 bits per heavy atom. The topological polar surface area (TPSA) is 69.0 Å². The van der Waals surface area contributed by atoms with Crippen LogP contribution in [-0.4, -0.2) is 33.8 Å². The number of hydrogen-bond donors (Lipinski definition) is 1. The number of carbonyl (C=O) groups excluding carboxylic acids is 1. The first-order valence-corrected chi connectivity index (χ1v) is 9.04. The molecule has 0 atom stereocenters. The number of carbonyl (C=O) groups is 1. The van der Waals surface area contributed by atoms with Crippen LogP contribution in [0.25, 0.3) is 0 Å². The van der Waals surface area contributed by atoms with E-state index in [4.69, 9.17) is 4.74 Å². The lowest BCUT2D eigenvalue weighted by molar-refractivity contribution is -0.121. The summed E-state index contributed by atoms with van der Waals surface area (Å²) in [6.07, 6.45) is 3.22. The molecule has 0 fully saturated rings. The molecule has 1 N–H and O–H groups in total. The largest absolute Gasteiger partial charge is 0.493 e. The van der Waals surface area contributed by atoms with Crippen molar-refractivity contribution >= 4 is 5.91 Å². The van der Waals surface area contributed by atoms with Gasteiger partial charge < -0.3 is 14.6 Å². The van der Waals surface area contributed by atoms with E-state index in [1.54, 1.807) is 0 Å². The fourth-order valence-corrected chi connectivity index (χ4v) is 3.01. The average molecular weight is 342 g/mol.